The molecule has 3 aromatic heterocycles. The number of aromatic nitrogens is 4. The quantitative estimate of drug-likeness (QED) is 0.541. The highest BCUT2D eigenvalue weighted by Gasteiger charge is 2.22. The molecule has 0 aliphatic carbocycles. The Bertz CT molecular complexity index is 1140. The number of pyridine rings is 1. The van der Waals surface area contributed by atoms with E-state index in [9.17, 15) is 4.79 Å². The van der Waals surface area contributed by atoms with Crippen molar-refractivity contribution >= 4 is 17.5 Å². The van der Waals surface area contributed by atoms with Crippen LogP contribution in [0.3, 0.4) is 0 Å². The molecule has 3 heterocycles. The molecule has 7 nitrogen and oxygen atoms in total. The third-order valence-electron chi connectivity index (χ3n) is 4.74. The number of halogens is 1. The molecule has 29 heavy (non-hydrogen) atoms. The van der Waals surface area contributed by atoms with Crippen LogP contribution in [-0.2, 0) is 7.05 Å². The standard InChI is InChI=1S/C21H18ClN5O2/c1-13-17(12-24-27(13)2)18-10-19(29-26-18)21(28)25-20(15-4-3-9-23-11-15)14-5-7-16(22)8-6-14/h3-12,20H,1-2H3,(H,25,28). The van der Waals surface area contributed by atoms with Crippen LogP contribution in [0.4, 0.5) is 0 Å². The summed E-state index contributed by atoms with van der Waals surface area (Å²) < 4.78 is 7.04. The van der Waals surface area contributed by atoms with Gasteiger partial charge in [0, 0.05) is 41.8 Å². The van der Waals surface area contributed by atoms with Gasteiger partial charge >= 0.3 is 0 Å². The highest BCUT2D eigenvalue weighted by Crippen LogP contribution is 2.25. The maximum absolute atomic E-state index is 12.9. The molecule has 4 rings (SSSR count). The molecule has 0 saturated heterocycles. The van der Waals surface area contributed by atoms with Gasteiger partial charge in [-0.25, -0.2) is 0 Å². The van der Waals surface area contributed by atoms with Gasteiger partial charge in [-0.1, -0.05) is 35.0 Å². The van der Waals surface area contributed by atoms with Crippen LogP contribution in [0.25, 0.3) is 11.3 Å². The summed E-state index contributed by atoms with van der Waals surface area (Å²) >= 11 is 6.01. The predicted molar refractivity (Wildman–Crippen MR) is 108 cm³/mol. The molecule has 0 spiro atoms. The van der Waals surface area contributed by atoms with Crippen LogP contribution < -0.4 is 5.32 Å². The van der Waals surface area contributed by atoms with Crippen molar-refractivity contribution in [2.45, 2.75) is 13.0 Å². The molecule has 1 N–H and O–H groups in total. The fourth-order valence-corrected chi connectivity index (χ4v) is 3.15. The lowest BCUT2D eigenvalue weighted by Gasteiger charge is -2.18. The van der Waals surface area contributed by atoms with Gasteiger partial charge in [-0.15, -0.1) is 0 Å². The predicted octanol–water partition coefficient (Wildman–Crippen LogP) is 3.95. The molecule has 1 atom stereocenters. The molecule has 0 aliphatic heterocycles. The Morgan fingerprint density at radius 3 is 2.62 bits per heavy atom. The molecule has 146 valence electrons. The zero-order chi connectivity index (χ0) is 20.4. The number of amides is 1. The lowest BCUT2D eigenvalue weighted by atomic mass is 10.00. The van der Waals surface area contributed by atoms with Gasteiger partial charge in [-0.2, -0.15) is 5.10 Å². The second-order valence-corrected chi connectivity index (χ2v) is 7.02. The molecule has 1 unspecified atom stereocenters. The van der Waals surface area contributed by atoms with E-state index in [1.54, 1.807) is 41.5 Å². The number of carbonyl (C=O) groups excluding carboxylic acids is 1. The van der Waals surface area contributed by atoms with Gasteiger partial charge in [0.15, 0.2) is 0 Å². The van der Waals surface area contributed by atoms with E-state index in [1.807, 2.05) is 38.2 Å². The Kier molecular flexibility index (Phi) is 5.14. The number of nitrogens with one attached hydrogen (secondary N) is 1. The number of nitrogens with zero attached hydrogens (tertiary/aromatic N) is 4. The third-order valence-corrected chi connectivity index (χ3v) is 4.99. The molecule has 8 heteroatoms. The number of benzene rings is 1. The van der Waals surface area contributed by atoms with Crippen LogP contribution >= 0.6 is 11.6 Å². The van der Waals surface area contributed by atoms with E-state index >= 15 is 0 Å². The van der Waals surface area contributed by atoms with Gasteiger partial charge in [-0.3, -0.25) is 14.5 Å². The number of aryl methyl sites for hydroxylation is 1. The van der Waals surface area contributed by atoms with E-state index in [1.165, 1.54) is 0 Å². The van der Waals surface area contributed by atoms with Gasteiger partial charge < -0.3 is 9.84 Å². The molecule has 0 aliphatic rings. The summed E-state index contributed by atoms with van der Waals surface area (Å²) in [4.78, 5) is 17.1. The van der Waals surface area contributed by atoms with Gasteiger partial charge in [-0.05, 0) is 36.2 Å². The molecule has 0 saturated carbocycles. The first-order chi connectivity index (χ1) is 14.0. The number of hydrogen-bond donors (Lipinski definition) is 1. The lowest BCUT2D eigenvalue weighted by molar-refractivity contribution is 0.0906. The van der Waals surface area contributed by atoms with Crippen molar-refractivity contribution < 1.29 is 9.32 Å². The molecule has 1 aromatic carbocycles. The largest absolute Gasteiger partial charge is 0.350 e. The van der Waals surface area contributed by atoms with E-state index < -0.39 is 6.04 Å². The third kappa shape index (κ3) is 3.90. The van der Waals surface area contributed by atoms with Crippen LogP contribution in [0.2, 0.25) is 5.02 Å². The van der Waals surface area contributed by atoms with Crippen molar-refractivity contribution in [1.82, 2.24) is 25.2 Å². The smallest absolute Gasteiger partial charge is 0.290 e. The first-order valence-electron chi connectivity index (χ1n) is 8.95. The molecular weight excluding hydrogens is 390 g/mol. The summed E-state index contributed by atoms with van der Waals surface area (Å²) in [5.41, 5.74) is 4.02. The first-order valence-corrected chi connectivity index (χ1v) is 9.32. The minimum Gasteiger partial charge on any atom is -0.350 e. The fraction of sp³-hybridized carbons (Fsp3) is 0.143. The first kappa shape index (κ1) is 18.9. The number of rotatable bonds is 5. The minimum absolute atomic E-state index is 0.117. The summed E-state index contributed by atoms with van der Waals surface area (Å²) in [5, 5.41) is 11.8. The topological polar surface area (TPSA) is 85.8 Å². The van der Waals surface area contributed by atoms with Gasteiger partial charge in [0.25, 0.3) is 5.91 Å². The van der Waals surface area contributed by atoms with Gasteiger partial charge in [0.1, 0.15) is 5.69 Å². The Hall–Kier alpha value is -3.45. The van der Waals surface area contributed by atoms with Gasteiger partial charge in [0.05, 0.1) is 12.2 Å². The normalized spacial score (nSPS) is 12.0. The van der Waals surface area contributed by atoms with Crippen LogP contribution in [-0.4, -0.2) is 25.8 Å². The average Bonchev–Trinajstić information content (AvgIpc) is 3.35. The van der Waals surface area contributed by atoms with Gasteiger partial charge in [0.2, 0.25) is 5.76 Å². The highest BCUT2D eigenvalue weighted by atomic mass is 35.5. The van der Waals surface area contributed by atoms with Crippen LogP contribution in [0.5, 0.6) is 0 Å². The SMILES string of the molecule is Cc1c(-c2cc(C(=O)NC(c3ccc(Cl)cc3)c3cccnc3)on2)cnn1C. The fourth-order valence-electron chi connectivity index (χ4n) is 3.02. The van der Waals surface area contributed by atoms with Crippen molar-refractivity contribution in [3.63, 3.8) is 0 Å². The number of carbonyl (C=O) groups is 1. The Morgan fingerprint density at radius 2 is 1.97 bits per heavy atom. The van der Waals surface area contributed by atoms with E-state index in [0.717, 1.165) is 22.4 Å². The summed E-state index contributed by atoms with van der Waals surface area (Å²) in [6.07, 6.45) is 5.09. The summed E-state index contributed by atoms with van der Waals surface area (Å²) in [6.45, 7) is 1.93. The van der Waals surface area contributed by atoms with Crippen LogP contribution in [0, 0.1) is 6.92 Å². The van der Waals surface area contributed by atoms with Crippen molar-refractivity contribution in [3.8, 4) is 11.3 Å². The maximum atomic E-state index is 12.9. The summed E-state index contributed by atoms with van der Waals surface area (Å²) in [5.74, 6) is -0.264. The summed E-state index contributed by atoms with van der Waals surface area (Å²) in [6, 6.07) is 12.2. The zero-order valence-electron chi connectivity index (χ0n) is 15.8. The van der Waals surface area contributed by atoms with Crippen LogP contribution in [0.15, 0.2) is 65.6 Å². The monoisotopic (exact) mass is 407 g/mol. The van der Waals surface area contributed by atoms with E-state index in [0.29, 0.717) is 10.7 Å². The summed E-state index contributed by atoms with van der Waals surface area (Å²) in [7, 11) is 1.84. The lowest BCUT2D eigenvalue weighted by Crippen LogP contribution is -2.29. The second kappa shape index (κ2) is 7.89. The van der Waals surface area contributed by atoms with Crippen molar-refractivity contribution in [2.75, 3.05) is 0 Å². The Morgan fingerprint density at radius 1 is 1.17 bits per heavy atom. The number of hydrogen-bond acceptors (Lipinski definition) is 5. The minimum atomic E-state index is -0.415. The Balaban J connectivity index is 1.62. The maximum Gasteiger partial charge on any atom is 0.290 e. The molecule has 1 amide bonds. The van der Waals surface area contributed by atoms with Crippen molar-refractivity contribution in [2.24, 2.45) is 7.05 Å². The zero-order valence-corrected chi connectivity index (χ0v) is 16.6. The average molecular weight is 408 g/mol. The molecule has 0 radical (unpaired) electrons. The Labute approximate surface area is 172 Å². The molecule has 4 aromatic rings. The van der Waals surface area contributed by atoms with E-state index in [-0.39, 0.29) is 11.7 Å². The van der Waals surface area contributed by atoms with Crippen molar-refractivity contribution in [1.29, 1.82) is 0 Å². The second-order valence-electron chi connectivity index (χ2n) is 6.59. The van der Waals surface area contributed by atoms with E-state index in [2.05, 4.69) is 20.6 Å². The molecular formula is C21H18ClN5O2. The molecule has 0 bridgehead atoms. The van der Waals surface area contributed by atoms with Crippen molar-refractivity contribution in [3.05, 3.63) is 88.7 Å². The highest BCUT2D eigenvalue weighted by molar-refractivity contribution is 6.30. The van der Waals surface area contributed by atoms with E-state index in [4.69, 9.17) is 16.1 Å². The molecule has 0 fully saturated rings. The van der Waals surface area contributed by atoms with Crippen LogP contribution in [0.1, 0.15) is 33.4 Å².